The molecule has 0 saturated carbocycles. The zero-order valence-electron chi connectivity index (χ0n) is 14.9. The summed E-state index contributed by atoms with van der Waals surface area (Å²) in [5.74, 6) is -1.84. The molecule has 1 atom stereocenters. The molecule has 1 saturated heterocycles. The average molecular weight is 388 g/mol. The van der Waals surface area contributed by atoms with Crippen molar-refractivity contribution in [2.24, 2.45) is 0 Å². The van der Waals surface area contributed by atoms with Crippen LogP contribution in [0.25, 0.3) is 11.2 Å². The molecule has 1 aliphatic rings. The lowest BCUT2D eigenvalue weighted by molar-refractivity contribution is -0.134. The maximum absolute atomic E-state index is 11.4. The summed E-state index contributed by atoms with van der Waals surface area (Å²) in [6.45, 7) is 5.10. The summed E-state index contributed by atoms with van der Waals surface area (Å²) in [5.41, 5.74) is 1.50. The average Bonchev–Trinajstić information content (AvgIpc) is 3.16. The molecular formula is C17H20N6O5. The third-order valence-electron chi connectivity index (χ3n) is 3.82. The summed E-state index contributed by atoms with van der Waals surface area (Å²) in [6, 6.07) is 0.109. The first kappa shape index (κ1) is 20.6. The van der Waals surface area contributed by atoms with Gasteiger partial charge in [-0.25, -0.2) is 24.5 Å². The van der Waals surface area contributed by atoms with Gasteiger partial charge in [-0.05, 0) is 18.9 Å². The lowest BCUT2D eigenvalue weighted by atomic mass is 10.1. The van der Waals surface area contributed by atoms with E-state index in [2.05, 4.69) is 36.7 Å². The molecule has 11 heteroatoms. The van der Waals surface area contributed by atoms with Crippen molar-refractivity contribution in [1.29, 1.82) is 0 Å². The molecule has 3 rings (SSSR count). The number of aromatic nitrogens is 4. The fraction of sp³-hybridized carbons (Fsp3) is 0.294. The summed E-state index contributed by atoms with van der Waals surface area (Å²) in [7, 11) is 0. The molecule has 0 radical (unpaired) electrons. The lowest BCUT2D eigenvalue weighted by Gasteiger charge is -2.33. The molecule has 0 spiro atoms. The topological polar surface area (TPSA) is 161 Å². The van der Waals surface area contributed by atoms with Crippen LogP contribution in [0.3, 0.4) is 0 Å². The summed E-state index contributed by atoms with van der Waals surface area (Å²) in [4.78, 5) is 48.4. The van der Waals surface area contributed by atoms with Crippen molar-refractivity contribution < 1.29 is 24.6 Å². The van der Waals surface area contributed by atoms with Crippen molar-refractivity contribution in [2.75, 3.05) is 18.0 Å². The molecule has 148 valence electrons. The molecule has 4 N–H and O–H groups in total. The highest BCUT2D eigenvalue weighted by molar-refractivity contribution is 5.89. The monoisotopic (exact) mass is 388 g/mol. The molecule has 11 nitrogen and oxygen atoms in total. The molecule has 0 aliphatic carbocycles. The Hall–Kier alpha value is -3.76. The van der Waals surface area contributed by atoms with Gasteiger partial charge in [0, 0.05) is 31.3 Å². The molecule has 1 amide bonds. The number of H-pyrrole nitrogens is 1. The normalized spacial score (nSPS) is 16.3. The second kappa shape index (κ2) is 9.80. The number of aliphatic carboxylic acids is 2. The number of hydrogen-bond acceptors (Lipinski definition) is 7. The number of imidazole rings is 1. The van der Waals surface area contributed by atoms with Crippen molar-refractivity contribution in [3.63, 3.8) is 0 Å². The highest BCUT2D eigenvalue weighted by atomic mass is 16.4. The van der Waals surface area contributed by atoms with Crippen LogP contribution in [-0.2, 0) is 14.4 Å². The minimum Gasteiger partial charge on any atom is -0.478 e. The minimum atomic E-state index is -1.26. The number of nitrogens with one attached hydrogen (secondary N) is 2. The maximum atomic E-state index is 11.4. The molecular weight excluding hydrogens is 368 g/mol. The van der Waals surface area contributed by atoms with Gasteiger partial charge >= 0.3 is 11.9 Å². The van der Waals surface area contributed by atoms with Crippen LogP contribution in [0.1, 0.15) is 12.8 Å². The van der Waals surface area contributed by atoms with Gasteiger partial charge in [0.2, 0.25) is 5.91 Å². The second-order valence-corrected chi connectivity index (χ2v) is 5.80. The van der Waals surface area contributed by atoms with E-state index in [1.54, 1.807) is 6.33 Å². The molecule has 1 fully saturated rings. The van der Waals surface area contributed by atoms with Crippen molar-refractivity contribution in [3.8, 4) is 0 Å². The number of hydrogen-bond donors (Lipinski definition) is 4. The van der Waals surface area contributed by atoms with Crippen LogP contribution in [0.4, 0.5) is 5.82 Å². The predicted octanol–water partition coefficient (Wildman–Crippen LogP) is 0.336. The zero-order valence-corrected chi connectivity index (χ0v) is 14.9. The van der Waals surface area contributed by atoms with Crippen molar-refractivity contribution in [3.05, 3.63) is 37.5 Å². The van der Waals surface area contributed by atoms with Gasteiger partial charge in [0.15, 0.2) is 11.5 Å². The third kappa shape index (κ3) is 5.90. The number of anilines is 1. The zero-order chi connectivity index (χ0) is 20.5. The molecule has 0 unspecified atom stereocenters. The van der Waals surface area contributed by atoms with Crippen molar-refractivity contribution in [2.45, 2.75) is 18.9 Å². The molecule has 3 heterocycles. The van der Waals surface area contributed by atoms with Crippen molar-refractivity contribution >= 4 is 34.8 Å². The fourth-order valence-corrected chi connectivity index (χ4v) is 2.67. The minimum absolute atomic E-state index is 0.109. The Labute approximate surface area is 159 Å². The van der Waals surface area contributed by atoms with Crippen molar-refractivity contribution in [1.82, 2.24) is 25.3 Å². The number of carbonyl (C=O) groups is 3. The van der Waals surface area contributed by atoms with Gasteiger partial charge in [-0.3, -0.25) is 4.79 Å². The highest BCUT2D eigenvalue weighted by Gasteiger charge is 2.23. The van der Waals surface area contributed by atoms with Crippen LogP contribution < -0.4 is 10.2 Å². The van der Waals surface area contributed by atoms with Crippen LogP contribution in [-0.4, -0.2) is 67.1 Å². The van der Waals surface area contributed by atoms with Gasteiger partial charge < -0.3 is 25.4 Å². The highest BCUT2D eigenvalue weighted by Crippen LogP contribution is 2.23. The first-order valence-corrected chi connectivity index (χ1v) is 8.36. The fourth-order valence-electron chi connectivity index (χ4n) is 2.67. The quantitative estimate of drug-likeness (QED) is 0.529. The van der Waals surface area contributed by atoms with Crippen LogP contribution in [0, 0.1) is 0 Å². The van der Waals surface area contributed by atoms with Gasteiger partial charge in [-0.15, -0.1) is 0 Å². The Morgan fingerprint density at radius 3 is 2.57 bits per heavy atom. The number of piperidine rings is 1. The predicted molar refractivity (Wildman–Crippen MR) is 99.7 cm³/mol. The number of fused-ring (bicyclic) bond motifs is 1. The first-order chi connectivity index (χ1) is 13.4. The molecule has 2 aromatic rings. The number of carboxylic acids is 2. The Bertz CT molecular complexity index is 877. The first-order valence-electron chi connectivity index (χ1n) is 8.36. The van der Waals surface area contributed by atoms with Gasteiger partial charge in [-0.1, -0.05) is 6.58 Å². The second-order valence-electron chi connectivity index (χ2n) is 5.80. The smallest absolute Gasteiger partial charge is 0.328 e. The summed E-state index contributed by atoms with van der Waals surface area (Å²) in [5, 5.41) is 18.6. The Kier molecular flexibility index (Phi) is 7.20. The Balaban J connectivity index is 0.000000300. The van der Waals surface area contributed by atoms with Crippen LogP contribution in [0.5, 0.6) is 0 Å². The molecule has 2 aromatic heterocycles. The molecule has 0 aromatic carbocycles. The van der Waals surface area contributed by atoms with E-state index in [4.69, 9.17) is 10.2 Å². The number of rotatable bonds is 5. The van der Waals surface area contributed by atoms with E-state index >= 15 is 0 Å². The van der Waals surface area contributed by atoms with E-state index in [1.165, 1.54) is 12.4 Å². The largest absolute Gasteiger partial charge is 0.478 e. The third-order valence-corrected chi connectivity index (χ3v) is 3.82. The number of carbonyl (C=O) groups excluding carboxylic acids is 1. The Morgan fingerprint density at radius 1 is 1.21 bits per heavy atom. The van der Waals surface area contributed by atoms with E-state index in [0.717, 1.165) is 42.9 Å². The van der Waals surface area contributed by atoms with Gasteiger partial charge in [0.05, 0.1) is 6.33 Å². The Morgan fingerprint density at radius 2 is 1.93 bits per heavy atom. The van der Waals surface area contributed by atoms with Gasteiger partial charge in [-0.2, -0.15) is 0 Å². The number of carboxylic acid groups (broad SMARTS) is 2. The maximum Gasteiger partial charge on any atom is 0.328 e. The van der Waals surface area contributed by atoms with Crippen LogP contribution in [0.2, 0.25) is 0 Å². The number of nitrogens with zero attached hydrogens (tertiary/aromatic N) is 4. The number of aromatic amines is 1. The standard InChI is InChI=1S/C13H16N6O.C4H4O4/c1-2-10(20)18-9-4-3-5-19(6-9)13-11-12(15-7-14-11)16-8-17-13;5-3(6)1-2-4(7)8/h2,7-9H,1,3-6H2,(H,18,20)(H,14,15,16,17);1-2H,(H,5,6)(H,7,8)/b;2-1+/t9-;/m1./s1. The summed E-state index contributed by atoms with van der Waals surface area (Å²) in [6.07, 6.45) is 7.52. The van der Waals surface area contributed by atoms with Crippen LogP contribution in [0.15, 0.2) is 37.5 Å². The summed E-state index contributed by atoms with van der Waals surface area (Å²) >= 11 is 0. The van der Waals surface area contributed by atoms with Gasteiger partial charge in [0.1, 0.15) is 11.8 Å². The van der Waals surface area contributed by atoms with Crippen LogP contribution >= 0.6 is 0 Å². The molecule has 0 bridgehead atoms. The number of amides is 1. The lowest BCUT2D eigenvalue weighted by Crippen LogP contribution is -2.47. The van der Waals surface area contributed by atoms with E-state index in [1.807, 2.05) is 0 Å². The SMILES string of the molecule is C=CC(=O)N[C@@H]1CCCN(c2ncnc3[nH]cnc23)C1.O=C(O)/C=C/C(=O)O. The molecule has 1 aliphatic heterocycles. The van der Waals surface area contributed by atoms with E-state index in [0.29, 0.717) is 12.2 Å². The summed E-state index contributed by atoms with van der Waals surface area (Å²) < 4.78 is 0. The molecule has 28 heavy (non-hydrogen) atoms. The van der Waals surface area contributed by atoms with Gasteiger partial charge in [0.25, 0.3) is 0 Å². The van der Waals surface area contributed by atoms with E-state index < -0.39 is 11.9 Å². The van der Waals surface area contributed by atoms with E-state index in [9.17, 15) is 14.4 Å². The van der Waals surface area contributed by atoms with E-state index in [-0.39, 0.29) is 11.9 Å².